The van der Waals surface area contributed by atoms with Gasteiger partial charge in [-0.1, -0.05) is 29.8 Å². The molecule has 4 heteroatoms. The maximum absolute atomic E-state index is 12.0. The van der Waals surface area contributed by atoms with Crippen molar-refractivity contribution in [3.63, 3.8) is 0 Å². The summed E-state index contributed by atoms with van der Waals surface area (Å²) in [6.07, 6.45) is 3.20. The number of hydrogen-bond donors (Lipinski definition) is 2. The Morgan fingerprint density at radius 3 is 2.50 bits per heavy atom. The number of carbonyl (C=O) groups is 1. The Morgan fingerprint density at radius 2 is 1.86 bits per heavy atom. The Balaban J connectivity index is 2.13. The van der Waals surface area contributed by atoms with Gasteiger partial charge in [-0.15, -0.1) is 0 Å². The molecule has 2 aromatic carbocycles. The first-order valence-corrected chi connectivity index (χ1v) is 7.36. The van der Waals surface area contributed by atoms with Gasteiger partial charge in [-0.25, -0.2) is 0 Å². The summed E-state index contributed by atoms with van der Waals surface area (Å²) in [6.45, 7) is 5.82. The van der Waals surface area contributed by atoms with Gasteiger partial charge in [-0.3, -0.25) is 4.79 Å². The highest BCUT2D eigenvalue weighted by molar-refractivity contribution is 6.34. The molecule has 0 radical (unpaired) electrons. The summed E-state index contributed by atoms with van der Waals surface area (Å²) in [5.41, 5.74) is 11.1. The number of benzene rings is 2. The molecule has 0 heterocycles. The Hall–Kier alpha value is -2.26. The van der Waals surface area contributed by atoms with Crippen LogP contribution in [-0.2, 0) is 4.79 Å². The van der Waals surface area contributed by atoms with E-state index < -0.39 is 0 Å². The molecule has 1 amide bonds. The summed E-state index contributed by atoms with van der Waals surface area (Å²) >= 11 is 6.18. The van der Waals surface area contributed by atoms with Crippen LogP contribution in [0.2, 0.25) is 5.02 Å². The first-order valence-electron chi connectivity index (χ1n) is 6.99. The van der Waals surface area contributed by atoms with Gasteiger partial charge in [0.15, 0.2) is 0 Å². The normalized spacial score (nSPS) is 10.9. The van der Waals surface area contributed by atoms with Crippen LogP contribution in [0.4, 0.5) is 11.4 Å². The van der Waals surface area contributed by atoms with Crippen molar-refractivity contribution in [1.82, 2.24) is 0 Å². The number of nitrogens with one attached hydrogen (secondary N) is 1. The van der Waals surface area contributed by atoms with Gasteiger partial charge in [0.1, 0.15) is 0 Å². The summed E-state index contributed by atoms with van der Waals surface area (Å²) in [5.74, 6) is -0.229. The minimum atomic E-state index is -0.229. The average Bonchev–Trinajstić information content (AvgIpc) is 2.44. The van der Waals surface area contributed by atoms with Gasteiger partial charge in [0.05, 0.1) is 10.7 Å². The first-order chi connectivity index (χ1) is 10.4. The molecule has 0 spiro atoms. The summed E-state index contributed by atoms with van der Waals surface area (Å²) in [4.78, 5) is 12.0. The van der Waals surface area contributed by atoms with Gasteiger partial charge in [-0.05, 0) is 61.2 Å². The van der Waals surface area contributed by atoms with Crippen LogP contribution in [0, 0.1) is 20.8 Å². The summed E-state index contributed by atoms with van der Waals surface area (Å²) < 4.78 is 0. The van der Waals surface area contributed by atoms with Crippen molar-refractivity contribution in [2.75, 3.05) is 11.1 Å². The Kier molecular flexibility index (Phi) is 4.88. The lowest BCUT2D eigenvalue weighted by Gasteiger charge is -2.10. The van der Waals surface area contributed by atoms with Crippen molar-refractivity contribution in [3.05, 3.63) is 63.7 Å². The van der Waals surface area contributed by atoms with Crippen molar-refractivity contribution in [3.8, 4) is 0 Å². The molecule has 0 aliphatic carbocycles. The quantitative estimate of drug-likeness (QED) is 0.647. The van der Waals surface area contributed by atoms with Gasteiger partial charge in [0.2, 0.25) is 5.91 Å². The van der Waals surface area contributed by atoms with E-state index in [0.717, 1.165) is 22.3 Å². The lowest BCUT2D eigenvalue weighted by molar-refractivity contribution is -0.111. The lowest BCUT2D eigenvalue weighted by Crippen LogP contribution is -2.09. The average molecular weight is 315 g/mol. The molecule has 3 nitrogen and oxygen atoms in total. The molecule has 2 aromatic rings. The van der Waals surface area contributed by atoms with E-state index in [1.165, 1.54) is 6.08 Å². The third-order valence-electron chi connectivity index (χ3n) is 3.41. The number of rotatable bonds is 3. The highest BCUT2D eigenvalue weighted by Gasteiger charge is 2.07. The van der Waals surface area contributed by atoms with E-state index >= 15 is 0 Å². The minimum absolute atomic E-state index is 0.229. The van der Waals surface area contributed by atoms with Crippen LogP contribution in [0.15, 0.2) is 36.4 Å². The highest BCUT2D eigenvalue weighted by atomic mass is 35.5. The molecule has 0 bridgehead atoms. The summed E-state index contributed by atoms with van der Waals surface area (Å²) in [7, 11) is 0. The second-order valence-corrected chi connectivity index (χ2v) is 5.78. The van der Waals surface area contributed by atoms with Crippen molar-refractivity contribution < 1.29 is 4.79 Å². The maximum Gasteiger partial charge on any atom is 0.248 e. The third-order valence-corrected chi connectivity index (χ3v) is 3.71. The van der Waals surface area contributed by atoms with E-state index in [-0.39, 0.29) is 5.91 Å². The van der Waals surface area contributed by atoms with Crippen LogP contribution in [0.3, 0.4) is 0 Å². The monoisotopic (exact) mass is 314 g/mol. The predicted molar refractivity (Wildman–Crippen MR) is 94.2 cm³/mol. The minimum Gasteiger partial charge on any atom is -0.398 e. The molecule has 0 unspecified atom stereocenters. The number of carbonyl (C=O) groups excluding carboxylic acids is 1. The van der Waals surface area contributed by atoms with E-state index in [2.05, 4.69) is 5.32 Å². The molecule has 114 valence electrons. The van der Waals surface area contributed by atoms with E-state index in [1.54, 1.807) is 6.08 Å². The van der Waals surface area contributed by atoms with Crippen molar-refractivity contribution in [2.24, 2.45) is 0 Å². The number of nitrogens with two attached hydrogens (primary N) is 1. The number of hydrogen-bond acceptors (Lipinski definition) is 2. The molecular formula is C18H19ClN2O. The SMILES string of the molecule is Cc1cc(C)c(NC(=O)/C=C/c2ccc(C)c(N)c2)c(Cl)c1. The zero-order valence-corrected chi connectivity index (χ0v) is 13.7. The fraction of sp³-hybridized carbons (Fsp3) is 0.167. The maximum atomic E-state index is 12.0. The number of halogens is 1. The van der Waals surface area contributed by atoms with Gasteiger partial charge >= 0.3 is 0 Å². The molecule has 0 saturated carbocycles. The Labute approximate surface area is 135 Å². The Bertz CT molecular complexity index is 728. The molecule has 3 N–H and O–H groups in total. The van der Waals surface area contributed by atoms with Gasteiger partial charge < -0.3 is 11.1 Å². The summed E-state index contributed by atoms with van der Waals surface area (Å²) in [6, 6.07) is 9.48. The molecule has 0 atom stereocenters. The van der Waals surface area contributed by atoms with Crippen LogP contribution in [0.5, 0.6) is 0 Å². The fourth-order valence-electron chi connectivity index (χ4n) is 2.17. The second-order valence-electron chi connectivity index (χ2n) is 5.38. The van der Waals surface area contributed by atoms with Crippen LogP contribution < -0.4 is 11.1 Å². The summed E-state index contributed by atoms with van der Waals surface area (Å²) in [5, 5.41) is 3.35. The van der Waals surface area contributed by atoms with Crippen LogP contribution in [0.25, 0.3) is 6.08 Å². The number of nitrogen functional groups attached to an aromatic ring is 1. The molecule has 0 saturated heterocycles. The predicted octanol–water partition coefficient (Wildman–Crippen LogP) is 4.50. The van der Waals surface area contributed by atoms with Gasteiger partial charge in [0, 0.05) is 11.8 Å². The van der Waals surface area contributed by atoms with Crippen molar-refractivity contribution in [1.29, 1.82) is 0 Å². The van der Waals surface area contributed by atoms with E-state index in [9.17, 15) is 4.79 Å². The van der Waals surface area contributed by atoms with Crippen LogP contribution in [0.1, 0.15) is 22.3 Å². The van der Waals surface area contributed by atoms with Gasteiger partial charge in [0.25, 0.3) is 0 Å². The zero-order chi connectivity index (χ0) is 16.3. The largest absolute Gasteiger partial charge is 0.398 e. The fourth-order valence-corrected chi connectivity index (χ4v) is 2.54. The topological polar surface area (TPSA) is 55.1 Å². The van der Waals surface area contributed by atoms with Crippen molar-refractivity contribution >= 4 is 35.0 Å². The van der Waals surface area contributed by atoms with E-state index in [1.807, 2.05) is 51.1 Å². The van der Waals surface area contributed by atoms with Gasteiger partial charge in [-0.2, -0.15) is 0 Å². The van der Waals surface area contributed by atoms with Crippen LogP contribution >= 0.6 is 11.6 Å². The molecule has 22 heavy (non-hydrogen) atoms. The van der Waals surface area contributed by atoms with Crippen LogP contribution in [-0.4, -0.2) is 5.91 Å². The number of amides is 1. The molecule has 0 aliphatic heterocycles. The molecule has 2 rings (SSSR count). The van der Waals surface area contributed by atoms with E-state index in [4.69, 9.17) is 17.3 Å². The first kappa shape index (κ1) is 16.1. The number of aryl methyl sites for hydroxylation is 3. The Morgan fingerprint density at radius 1 is 1.14 bits per heavy atom. The zero-order valence-electron chi connectivity index (χ0n) is 12.9. The molecular weight excluding hydrogens is 296 g/mol. The third kappa shape index (κ3) is 3.89. The van der Waals surface area contributed by atoms with Crippen molar-refractivity contribution in [2.45, 2.75) is 20.8 Å². The highest BCUT2D eigenvalue weighted by Crippen LogP contribution is 2.27. The lowest BCUT2D eigenvalue weighted by atomic mass is 10.1. The molecule has 0 fully saturated rings. The standard InChI is InChI=1S/C18H19ClN2O/c1-11-8-13(3)18(15(19)9-11)21-17(22)7-6-14-5-4-12(2)16(20)10-14/h4-10H,20H2,1-3H3,(H,21,22)/b7-6+. The molecule has 0 aromatic heterocycles. The number of anilines is 2. The van der Waals surface area contributed by atoms with E-state index in [0.29, 0.717) is 16.4 Å². The second kappa shape index (κ2) is 6.67. The molecule has 0 aliphatic rings. The smallest absolute Gasteiger partial charge is 0.248 e.